The number of rotatable bonds is 4. The van der Waals surface area contributed by atoms with Gasteiger partial charge in [0.1, 0.15) is 0 Å². The van der Waals surface area contributed by atoms with Crippen LogP contribution < -0.4 is 5.32 Å². The molecule has 0 saturated heterocycles. The molecule has 0 aliphatic rings. The van der Waals surface area contributed by atoms with Gasteiger partial charge in [0.15, 0.2) is 0 Å². The van der Waals surface area contributed by atoms with E-state index < -0.39 is 0 Å². The lowest BCUT2D eigenvalue weighted by atomic mass is 10.1. The van der Waals surface area contributed by atoms with Crippen molar-refractivity contribution in [1.29, 1.82) is 0 Å². The van der Waals surface area contributed by atoms with Gasteiger partial charge < -0.3 is 14.8 Å². The Labute approximate surface area is 114 Å². The Kier molecular flexibility index (Phi) is 3.90. The number of nitrogens with zero attached hydrogens (tertiary/aromatic N) is 2. The van der Waals surface area contributed by atoms with E-state index in [1.807, 2.05) is 56.2 Å². The smallest absolute Gasteiger partial charge is 0.252 e. The van der Waals surface area contributed by atoms with Gasteiger partial charge >= 0.3 is 0 Å². The van der Waals surface area contributed by atoms with Gasteiger partial charge in [0.2, 0.25) is 0 Å². The van der Waals surface area contributed by atoms with Crippen LogP contribution in [0.1, 0.15) is 17.3 Å². The first-order valence-corrected chi connectivity index (χ1v) is 6.49. The molecule has 0 fully saturated rings. The molecule has 1 aromatic heterocycles. The van der Waals surface area contributed by atoms with Gasteiger partial charge in [-0.2, -0.15) is 0 Å². The molecular weight excluding hydrogens is 238 g/mol. The van der Waals surface area contributed by atoms with Crippen molar-refractivity contribution in [1.82, 2.24) is 14.8 Å². The van der Waals surface area contributed by atoms with Crippen molar-refractivity contribution < 1.29 is 4.79 Å². The summed E-state index contributed by atoms with van der Waals surface area (Å²) in [7, 11) is 6.00. The number of hydrogen-bond donors (Lipinski definition) is 1. The van der Waals surface area contributed by atoms with Crippen LogP contribution in [0.15, 0.2) is 30.5 Å². The molecule has 0 aliphatic carbocycles. The molecular formula is C15H21N3O. The van der Waals surface area contributed by atoms with Crippen molar-refractivity contribution in [3.05, 3.63) is 36.0 Å². The van der Waals surface area contributed by atoms with Crippen molar-refractivity contribution in [3.8, 4) is 0 Å². The van der Waals surface area contributed by atoms with Crippen LogP contribution in [0.4, 0.5) is 0 Å². The molecule has 0 aliphatic heterocycles. The summed E-state index contributed by atoms with van der Waals surface area (Å²) in [5.74, 6) is -0.00880. The quantitative estimate of drug-likeness (QED) is 0.910. The first-order valence-electron chi connectivity index (χ1n) is 6.49. The third kappa shape index (κ3) is 2.79. The maximum Gasteiger partial charge on any atom is 0.252 e. The molecule has 2 rings (SSSR count). The molecule has 0 unspecified atom stereocenters. The summed E-state index contributed by atoms with van der Waals surface area (Å²) < 4.78 is 2.02. The van der Waals surface area contributed by atoms with Crippen LogP contribution in [-0.2, 0) is 7.05 Å². The summed E-state index contributed by atoms with van der Waals surface area (Å²) in [5, 5.41) is 3.99. The lowest BCUT2D eigenvalue weighted by Crippen LogP contribution is -2.38. The summed E-state index contributed by atoms with van der Waals surface area (Å²) in [4.78, 5) is 14.3. The fraction of sp³-hybridized carbons (Fsp3) is 0.400. The van der Waals surface area contributed by atoms with Gasteiger partial charge in [0, 0.05) is 42.3 Å². The van der Waals surface area contributed by atoms with E-state index in [2.05, 4.69) is 17.1 Å². The van der Waals surface area contributed by atoms with Crippen molar-refractivity contribution in [2.75, 3.05) is 20.6 Å². The van der Waals surface area contributed by atoms with E-state index in [-0.39, 0.29) is 5.91 Å². The van der Waals surface area contributed by atoms with Gasteiger partial charge in [-0.3, -0.25) is 4.79 Å². The standard InChI is InChI=1S/C15H21N3O/c1-11(17(2)3)10-16-15(19)13-6-5-7-14-12(13)8-9-18(14)4/h5-9,11H,10H2,1-4H3,(H,16,19)/t11-/m1/s1. The zero-order valence-electron chi connectivity index (χ0n) is 12.0. The van der Waals surface area contributed by atoms with Crippen LogP contribution >= 0.6 is 0 Å². The number of benzene rings is 1. The molecule has 19 heavy (non-hydrogen) atoms. The molecule has 4 nitrogen and oxygen atoms in total. The highest BCUT2D eigenvalue weighted by Crippen LogP contribution is 2.19. The Bertz CT molecular complexity index is 586. The Morgan fingerprint density at radius 3 is 2.79 bits per heavy atom. The Balaban J connectivity index is 2.18. The summed E-state index contributed by atoms with van der Waals surface area (Å²) in [6, 6.07) is 8.12. The van der Waals surface area contributed by atoms with E-state index in [1.54, 1.807) is 0 Å². The van der Waals surface area contributed by atoms with Crippen molar-refractivity contribution in [3.63, 3.8) is 0 Å². The highest BCUT2D eigenvalue weighted by atomic mass is 16.1. The van der Waals surface area contributed by atoms with E-state index in [0.717, 1.165) is 16.5 Å². The number of amides is 1. The van der Waals surface area contributed by atoms with Gasteiger partial charge in [-0.05, 0) is 39.2 Å². The molecule has 2 aromatic rings. The number of aryl methyl sites for hydroxylation is 1. The van der Waals surface area contributed by atoms with E-state index in [0.29, 0.717) is 12.6 Å². The van der Waals surface area contributed by atoms with Crippen LogP contribution in [0.25, 0.3) is 10.9 Å². The minimum atomic E-state index is -0.00880. The third-order valence-corrected chi connectivity index (χ3v) is 3.61. The molecule has 1 aromatic carbocycles. The van der Waals surface area contributed by atoms with Gasteiger partial charge in [0.25, 0.3) is 5.91 Å². The second-order valence-corrected chi connectivity index (χ2v) is 5.19. The Hall–Kier alpha value is -1.81. The molecule has 0 saturated carbocycles. The first kappa shape index (κ1) is 13.6. The molecule has 0 bridgehead atoms. The van der Waals surface area contributed by atoms with Gasteiger partial charge in [-0.1, -0.05) is 6.07 Å². The molecule has 102 valence electrons. The summed E-state index contributed by atoms with van der Waals surface area (Å²) in [6.07, 6.45) is 1.98. The molecule has 1 heterocycles. The molecule has 4 heteroatoms. The second kappa shape index (κ2) is 5.45. The van der Waals surface area contributed by atoms with Crippen molar-refractivity contribution in [2.24, 2.45) is 7.05 Å². The predicted molar refractivity (Wildman–Crippen MR) is 78.4 cm³/mol. The van der Waals surface area contributed by atoms with E-state index in [1.165, 1.54) is 0 Å². The number of carbonyl (C=O) groups excluding carboxylic acids is 1. The topological polar surface area (TPSA) is 37.3 Å². The predicted octanol–water partition coefficient (Wildman–Crippen LogP) is 1.86. The maximum absolute atomic E-state index is 12.3. The minimum absolute atomic E-state index is 0.00880. The Morgan fingerprint density at radius 2 is 2.11 bits per heavy atom. The molecule has 0 spiro atoms. The highest BCUT2D eigenvalue weighted by Gasteiger charge is 2.12. The van der Waals surface area contributed by atoms with Crippen LogP contribution in [0.3, 0.4) is 0 Å². The summed E-state index contributed by atoms with van der Waals surface area (Å²) in [5.41, 5.74) is 1.82. The number of nitrogens with one attached hydrogen (secondary N) is 1. The average molecular weight is 259 g/mol. The van der Waals surface area contributed by atoms with E-state index in [9.17, 15) is 4.79 Å². The number of fused-ring (bicyclic) bond motifs is 1. The number of likely N-dealkylation sites (N-methyl/N-ethyl adjacent to an activating group) is 1. The second-order valence-electron chi connectivity index (χ2n) is 5.19. The largest absolute Gasteiger partial charge is 0.351 e. The SMILES string of the molecule is C[C@H](CNC(=O)c1cccc2c1ccn2C)N(C)C. The van der Waals surface area contributed by atoms with Crippen LogP contribution in [0, 0.1) is 0 Å². The van der Waals surface area contributed by atoms with Gasteiger partial charge in [-0.15, -0.1) is 0 Å². The van der Waals surface area contributed by atoms with E-state index in [4.69, 9.17) is 0 Å². The fourth-order valence-electron chi connectivity index (χ4n) is 2.02. The average Bonchev–Trinajstić information content (AvgIpc) is 2.77. The fourth-order valence-corrected chi connectivity index (χ4v) is 2.02. The van der Waals surface area contributed by atoms with Gasteiger partial charge in [-0.25, -0.2) is 0 Å². The molecule has 1 N–H and O–H groups in total. The monoisotopic (exact) mass is 259 g/mol. The number of carbonyl (C=O) groups is 1. The zero-order chi connectivity index (χ0) is 14.0. The van der Waals surface area contributed by atoms with Crippen LogP contribution in [-0.4, -0.2) is 42.1 Å². The lowest BCUT2D eigenvalue weighted by Gasteiger charge is -2.20. The van der Waals surface area contributed by atoms with Crippen LogP contribution in [0.5, 0.6) is 0 Å². The summed E-state index contributed by atoms with van der Waals surface area (Å²) in [6.45, 7) is 2.73. The van der Waals surface area contributed by atoms with E-state index >= 15 is 0 Å². The zero-order valence-corrected chi connectivity index (χ0v) is 12.0. The molecule has 1 amide bonds. The minimum Gasteiger partial charge on any atom is -0.351 e. The molecule has 1 atom stereocenters. The normalized spacial score (nSPS) is 12.9. The van der Waals surface area contributed by atoms with Crippen molar-refractivity contribution >= 4 is 16.8 Å². The Morgan fingerprint density at radius 1 is 1.37 bits per heavy atom. The molecule has 0 radical (unpaired) electrons. The highest BCUT2D eigenvalue weighted by molar-refractivity contribution is 6.06. The first-order chi connectivity index (χ1) is 9.00. The number of aromatic nitrogens is 1. The number of hydrogen-bond acceptors (Lipinski definition) is 2. The third-order valence-electron chi connectivity index (χ3n) is 3.61. The van der Waals surface area contributed by atoms with Crippen LogP contribution in [0.2, 0.25) is 0 Å². The van der Waals surface area contributed by atoms with Crippen molar-refractivity contribution in [2.45, 2.75) is 13.0 Å². The summed E-state index contributed by atoms with van der Waals surface area (Å²) >= 11 is 0. The lowest BCUT2D eigenvalue weighted by molar-refractivity contribution is 0.0945. The maximum atomic E-state index is 12.3. The van der Waals surface area contributed by atoms with Gasteiger partial charge in [0.05, 0.1) is 0 Å².